The standard InChI is InChI=1S/C15H24N2O5/c1-16(14(19)12-6-2-3-8-22-12)10-13(18)17-7-4-5-11(9-17)15(20)21/h11-12H,2-10H2,1H3,(H,20,21). The lowest BCUT2D eigenvalue weighted by Gasteiger charge is -2.33. The zero-order chi connectivity index (χ0) is 16.1. The van der Waals surface area contributed by atoms with Crippen molar-refractivity contribution in [3.63, 3.8) is 0 Å². The summed E-state index contributed by atoms with van der Waals surface area (Å²) in [6.07, 6.45) is 3.47. The van der Waals surface area contributed by atoms with Crippen LogP contribution < -0.4 is 0 Å². The first-order chi connectivity index (χ1) is 10.5. The molecule has 7 nitrogen and oxygen atoms in total. The highest BCUT2D eigenvalue weighted by molar-refractivity contribution is 5.87. The summed E-state index contributed by atoms with van der Waals surface area (Å²) in [6.45, 7) is 1.36. The first-order valence-corrected chi connectivity index (χ1v) is 7.86. The molecule has 0 aromatic rings. The zero-order valence-corrected chi connectivity index (χ0v) is 13.0. The van der Waals surface area contributed by atoms with Gasteiger partial charge in [0.25, 0.3) is 5.91 Å². The van der Waals surface area contributed by atoms with Crippen LogP contribution in [0.1, 0.15) is 32.1 Å². The van der Waals surface area contributed by atoms with Crippen LogP contribution >= 0.6 is 0 Å². The molecular formula is C15H24N2O5. The number of carbonyl (C=O) groups is 3. The Bertz CT molecular complexity index is 434. The van der Waals surface area contributed by atoms with Gasteiger partial charge in [-0.1, -0.05) is 0 Å². The van der Waals surface area contributed by atoms with Gasteiger partial charge in [-0.15, -0.1) is 0 Å². The fourth-order valence-corrected chi connectivity index (χ4v) is 2.97. The predicted molar refractivity (Wildman–Crippen MR) is 78.2 cm³/mol. The minimum Gasteiger partial charge on any atom is -0.481 e. The van der Waals surface area contributed by atoms with E-state index < -0.39 is 18.0 Å². The Morgan fingerprint density at radius 3 is 2.64 bits per heavy atom. The molecule has 2 fully saturated rings. The smallest absolute Gasteiger partial charge is 0.308 e. The van der Waals surface area contributed by atoms with Gasteiger partial charge in [-0.2, -0.15) is 0 Å². The maximum Gasteiger partial charge on any atom is 0.308 e. The molecule has 0 aliphatic carbocycles. The number of hydrogen-bond donors (Lipinski definition) is 1. The monoisotopic (exact) mass is 312 g/mol. The van der Waals surface area contributed by atoms with E-state index in [9.17, 15) is 14.4 Å². The van der Waals surface area contributed by atoms with Crippen LogP contribution in [0.15, 0.2) is 0 Å². The lowest BCUT2D eigenvalue weighted by molar-refractivity contribution is -0.151. The number of carbonyl (C=O) groups excluding carboxylic acids is 2. The molecule has 7 heteroatoms. The van der Waals surface area contributed by atoms with E-state index >= 15 is 0 Å². The molecule has 22 heavy (non-hydrogen) atoms. The van der Waals surface area contributed by atoms with Crippen LogP contribution in [-0.2, 0) is 19.1 Å². The van der Waals surface area contributed by atoms with Crippen molar-refractivity contribution >= 4 is 17.8 Å². The van der Waals surface area contributed by atoms with Crippen LogP contribution in [0.25, 0.3) is 0 Å². The van der Waals surface area contributed by atoms with Gasteiger partial charge in [0.15, 0.2) is 0 Å². The van der Waals surface area contributed by atoms with Crippen LogP contribution in [0.4, 0.5) is 0 Å². The lowest BCUT2D eigenvalue weighted by Crippen LogP contribution is -2.48. The van der Waals surface area contributed by atoms with Gasteiger partial charge >= 0.3 is 5.97 Å². The minimum absolute atomic E-state index is 0.0228. The second-order valence-electron chi connectivity index (χ2n) is 6.07. The fourth-order valence-electron chi connectivity index (χ4n) is 2.97. The molecular weight excluding hydrogens is 288 g/mol. The molecule has 2 aliphatic heterocycles. The third-order valence-electron chi connectivity index (χ3n) is 4.33. The normalized spacial score (nSPS) is 25.6. The molecule has 2 heterocycles. The molecule has 0 aromatic heterocycles. The van der Waals surface area contributed by atoms with Crippen LogP contribution in [-0.4, -0.2) is 72.1 Å². The number of nitrogens with zero attached hydrogens (tertiary/aromatic N) is 2. The van der Waals surface area contributed by atoms with Gasteiger partial charge < -0.3 is 19.6 Å². The first-order valence-electron chi connectivity index (χ1n) is 7.86. The quantitative estimate of drug-likeness (QED) is 0.809. The highest BCUT2D eigenvalue weighted by Crippen LogP contribution is 2.18. The second-order valence-corrected chi connectivity index (χ2v) is 6.07. The number of carboxylic acids is 1. The van der Waals surface area contributed by atoms with Crippen molar-refractivity contribution in [2.75, 3.05) is 33.3 Å². The Hall–Kier alpha value is -1.63. The summed E-state index contributed by atoms with van der Waals surface area (Å²) in [5.74, 6) is -1.73. The topological polar surface area (TPSA) is 87.2 Å². The summed E-state index contributed by atoms with van der Waals surface area (Å²) < 4.78 is 5.44. The maximum absolute atomic E-state index is 12.3. The summed E-state index contributed by atoms with van der Waals surface area (Å²) in [5.41, 5.74) is 0. The van der Waals surface area contributed by atoms with Crippen molar-refractivity contribution in [3.05, 3.63) is 0 Å². The highest BCUT2D eigenvalue weighted by atomic mass is 16.5. The third-order valence-corrected chi connectivity index (χ3v) is 4.33. The number of carboxylic acid groups (broad SMARTS) is 1. The molecule has 2 aliphatic rings. The maximum atomic E-state index is 12.3. The van der Waals surface area contributed by atoms with Crippen molar-refractivity contribution in [2.24, 2.45) is 5.92 Å². The van der Waals surface area contributed by atoms with Gasteiger partial charge in [0.2, 0.25) is 5.91 Å². The van der Waals surface area contributed by atoms with E-state index in [0.29, 0.717) is 32.4 Å². The Labute approximate surface area is 130 Å². The molecule has 2 amide bonds. The number of hydrogen-bond acceptors (Lipinski definition) is 4. The average Bonchev–Trinajstić information content (AvgIpc) is 2.54. The van der Waals surface area contributed by atoms with Gasteiger partial charge in [0, 0.05) is 26.7 Å². The molecule has 0 radical (unpaired) electrons. The second kappa shape index (κ2) is 7.58. The van der Waals surface area contributed by atoms with E-state index in [1.54, 1.807) is 11.9 Å². The first kappa shape index (κ1) is 16.7. The van der Waals surface area contributed by atoms with Gasteiger partial charge in [-0.25, -0.2) is 0 Å². The largest absolute Gasteiger partial charge is 0.481 e. The number of rotatable bonds is 4. The molecule has 2 saturated heterocycles. The molecule has 0 saturated carbocycles. The van der Waals surface area contributed by atoms with E-state index in [0.717, 1.165) is 12.8 Å². The van der Waals surface area contributed by atoms with Crippen LogP contribution in [0.5, 0.6) is 0 Å². The number of amides is 2. The van der Waals surface area contributed by atoms with E-state index in [2.05, 4.69) is 0 Å². The van der Waals surface area contributed by atoms with Crippen molar-refractivity contribution < 1.29 is 24.2 Å². The van der Waals surface area contributed by atoms with E-state index in [1.807, 2.05) is 0 Å². The summed E-state index contributed by atoms with van der Waals surface area (Å²) in [4.78, 5) is 38.5. The summed E-state index contributed by atoms with van der Waals surface area (Å²) in [7, 11) is 1.59. The predicted octanol–water partition coefficient (Wildman–Crippen LogP) is 0.337. The van der Waals surface area contributed by atoms with Gasteiger partial charge in [0.1, 0.15) is 6.10 Å². The summed E-state index contributed by atoms with van der Waals surface area (Å²) in [5, 5.41) is 9.06. The third kappa shape index (κ3) is 4.19. The Morgan fingerprint density at radius 2 is 2.00 bits per heavy atom. The molecule has 2 rings (SSSR count). The Balaban J connectivity index is 1.84. The van der Waals surface area contributed by atoms with Crippen LogP contribution in [0.3, 0.4) is 0 Å². The summed E-state index contributed by atoms with van der Waals surface area (Å²) in [6, 6.07) is 0. The molecule has 0 spiro atoms. The molecule has 2 unspecified atom stereocenters. The highest BCUT2D eigenvalue weighted by Gasteiger charge is 2.30. The fraction of sp³-hybridized carbons (Fsp3) is 0.800. The number of ether oxygens (including phenoxy) is 1. The molecule has 124 valence electrons. The van der Waals surface area contributed by atoms with Crippen LogP contribution in [0, 0.1) is 5.92 Å². The van der Waals surface area contributed by atoms with Crippen LogP contribution in [0.2, 0.25) is 0 Å². The van der Waals surface area contributed by atoms with E-state index in [-0.39, 0.29) is 24.9 Å². The number of piperidine rings is 1. The Morgan fingerprint density at radius 1 is 1.23 bits per heavy atom. The minimum atomic E-state index is -0.863. The van der Waals surface area contributed by atoms with E-state index in [1.165, 1.54) is 4.90 Å². The van der Waals surface area contributed by atoms with E-state index in [4.69, 9.17) is 9.84 Å². The van der Waals surface area contributed by atoms with Crippen molar-refractivity contribution in [1.82, 2.24) is 9.80 Å². The molecule has 0 aromatic carbocycles. The Kier molecular flexibility index (Phi) is 5.76. The van der Waals surface area contributed by atoms with Crippen molar-refractivity contribution in [1.29, 1.82) is 0 Å². The zero-order valence-electron chi connectivity index (χ0n) is 13.0. The molecule has 2 atom stereocenters. The molecule has 0 bridgehead atoms. The summed E-state index contributed by atoms with van der Waals surface area (Å²) >= 11 is 0. The van der Waals surface area contributed by atoms with Gasteiger partial charge in [0.05, 0.1) is 12.5 Å². The van der Waals surface area contributed by atoms with Crippen molar-refractivity contribution in [2.45, 2.75) is 38.2 Å². The number of aliphatic carboxylic acids is 1. The van der Waals surface area contributed by atoms with Gasteiger partial charge in [-0.3, -0.25) is 14.4 Å². The number of likely N-dealkylation sites (tertiary alicyclic amines) is 1. The average molecular weight is 312 g/mol. The lowest BCUT2D eigenvalue weighted by atomic mass is 9.98. The van der Waals surface area contributed by atoms with Gasteiger partial charge in [-0.05, 0) is 32.1 Å². The van der Waals surface area contributed by atoms with Crippen molar-refractivity contribution in [3.8, 4) is 0 Å². The molecule has 1 N–H and O–H groups in total. The number of likely N-dealkylation sites (N-methyl/N-ethyl adjacent to an activating group) is 1. The SMILES string of the molecule is CN(CC(=O)N1CCCC(C(=O)O)C1)C(=O)C1CCCCO1.